The Labute approximate surface area is 93.4 Å². The molecule has 0 aliphatic heterocycles. The highest BCUT2D eigenvalue weighted by Crippen LogP contribution is 2.25. The zero-order valence-electron chi connectivity index (χ0n) is 8.87. The SMILES string of the molecule is O=C(O)/C=C/c1cc(F)c2c(c1)CCCC2. The molecule has 16 heavy (non-hydrogen) atoms. The molecule has 84 valence electrons. The standard InChI is InChI=1S/C13H13FO2/c14-12-8-9(5-6-13(15)16)7-10-3-1-2-4-11(10)12/h5-8H,1-4H2,(H,15,16)/b6-5+. The lowest BCUT2D eigenvalue weighted by Crippen LogP contribution is -2.05. The molecule has 0 amide bonds. The highest BCUT2D eigenvalue weighted by Gasteiger charge is 2.14. The number of hydrogen-bond donors (Lipinski definition) is 1. The average molecular weight is 220 g/mol. The predicted octanol–water partition coefficient (Wildman–Crippen LogP) is 2.80. The Hall–Kier alpha value is -1.64. The summed E-state index contributed by atoms with van der Waals surface area (Å²) in [6.45, 7) is 0. The first-order valence-corrected chi connectivity index (χ1v) is 5.39. The van der Waals surface area contributed by atoms with Gasteiger partial charge in [0.15, 0.2) is 0 Å². The average Bonchev–Trinajstić information content (AvgIpc) is 2.26. The van der Waals surface area contributed by atoms with Crippen LogP contribution in [0.5, 0.6) is 0 Å². The molecule has 3 heteroatoms. The maximum absolute atomic E-state index is 13.7. The van der Waals surface area contributed by atoms with E-state index in [1.54, 1.807) is 0 Å². The van der Waals surface area contributed by atoms with Crippen molar-refractivity contribution in [1.29, 1.82) is 0 Å². The van der Waals surface area contributed by atoms with Gasteiger partial charge in [-0.1, -0.05) is 6.07 Å². The van der Waals surface area contributed by atoms with Crippen molar-refractivity contribution in [2.45, 2.75) is 25.7 Å². The topological polar surface area (TPSA) is 37.3 Å². The summed E-state index contributed by atoms with van der Waals surface area (Å²) in [5.41, 5.74) is 2.45. The van der Waals surface area contributed by atoms with Crippen molar-refractivity contribution in [2.75, 3.05) is 0 Å². The van der Waals surface area contributed by atoms with Crippen LogP contribution in [-0.2, 0) is 17.6 Å². The third-order valence-corrected chi connectivity index (χ3v) is 2.85. The van der Waals surface area contributed by atoms with Crippen molar-refractivity contribution < 1.29 is 14.3 Å². The maximum Gasteiger partial charge on any atom is 0.328 e. The fourth-order valence-corrected chi connectivity index (χ4v) is 2.10. The summed E-state index contributed by atoms with van der Waals surface area (Å²) in [7, 11) is 0. The van der Waals surface area contributed by atoms with Gasteiger partial charge in [0.1, 0.15) is 5.82 Å². The van der Waals surface area contributed by atoms with Crippen molar-refractivity contribution in [3.8, 4) is 0 Å². The van der Waals surface area contributed by atoms with Crippen LogP contribution in [0, 0.1) is 5.82 Å². The third kappa shape index (κ3) is 2.30. The summed E-state index contributed by atoms with van der Waals surface area (Å²) in [5, 5.41) is 8.50. The Morgan fingerprint density at radius 2 is 2.06 bits per heavy atom. The molecule has 0 spiro atoms. The lowest BCUT2D eigenvalue weighted by atomic mass is 9.90. The van der Waals surface area contributed by atoms with Crippen molar-refractivity contribution in [2.24, 2.45) is 0 Å². The Morgan fingerprint density at radius 1 is 1.31 bits per heavy atom. The van der Waals surface area contributed by atoms with E-state index in [0.29, 0.717) is 5.56 Å². The Morgan fingerprint density at radius 3 is 2.81 bits per heavy atom. The Bertz CT molecular complexity index is 449. The molecule has 0 heterocycles. The smallest absolute Gasteiger partial charge is 0.328 e. The van der Waals surface area contributed by atoms with E-state index in [0.717, 1.165) is 42.9 Å². The maximum atomic E-state index is 13.7. The van der Waals surface area contributed by atoms with Gasteiger partial charge < -0.3 is 5.11 Å². The summed E-state index contributed by atoms with van der Waals surface area (Å²) < 4.78 is 13.7. The molecule has 0 saturated heterocycles. The van der Waals surface area contributed by atoms with Crippen molar-refractivity contribution in [3.63, 3.8) is 0 Å². The van der Waals surface area contributed by atoms with Crippen LogP contribution in [0.15, 0.2) is 18.2 Å². The van der Waals surface area contributed by atoms with Gasteiger partial charge >= 0.3 is 5.97 Å². The van der Waals surface area contributed by atoms with Crippen LogP contribution < -0.4 is 0 Å². The molecule has 0 unspecified atom stereocenters. The van der Waals surface area contributed by atoms with Gasteiger partial charge in [-0.25, -0.2) is 9.18 Å². The molecule has 0 saturated carbocycles. The summed E-state index contributed by atoms with van der Waals surface area (Å²) in [6.07, 6.45) is 6.27. The number of hydrogen-bond acceptors (Lipinski definition) is 1. The van der Waals surface area contributed by atoms with E-state index in [2.05, 4.69) is 0 Å². The van der Waals surface area contributed by atoms with Gasteiger partial charge in [-0.05, 0) is 54.5 Å². The molecule has 1 aromatic rings. The molecule has 1 aromatic carbocycles. The lowest BCUT2D eigenvalue weighted by molar-refractivity contribution is -0.131. The number of fused-ring (bicyclic) bond motifs is 1. The van der Waals surface area contributed by atoms with Crippen molar-refractivity contribution >= 4 is 12.0 Å². The second kappa shape index (κ2) is 4.47. The minimum atomic E-state index is -1.02. The number of benzene rings is 1. The number of rotatable bonds is 2. The van der Waals surface area contributed by atoms with Crippen LogP contribution in [0.3, 0.4) is 0 Å². The highest BCUT2D eigenvalue weighted by atomic mass is 19.1. The number of aliphatic carboxylic acids is 1. The minimum absolute atomic E-state index is 0.206. The monoisotopic (exact) mass is 220 g/mol. The first-order valence-electron chi connectivity index (χ1n) is 5.39. The van der Waals surface area contributed by atoms with Crippen molar-refractivity contribution in [1.82, 2.24) is 0 Å². The number of carboxylic acid groups (broad SMARTS) is 1. The molecular weight excluding hydrogens is 207 g/mol. The fourth-order valence-electron chi connectivity index (χ4n) is 2.10. The molecule has 0 aromatic heterocycles. The zero-order valence-corrected chi connectivity index (χ0v) is 8.87. The Balaban J connectivity index is 2.35. The number of aryl methyl sites for hydroxylation is 1. The molecule has 0 fully saturated rings. The van der Waals surface area contributed by atoms with Crippen LogP contribution >= 0.6 is 0 Å². The molecule has 0 bridgehead atoms. The first kappa shape index (κ1) is 10.9. The summed E-state index contributed by atoms with van der Waals surface area (Å²) in [5.74, 6) is -1.22. The second-order valence-corrected chi connectivity index (χ2v) is 4.02. The molecular formula is C13H13FO2. The van der Waals surface area contributed by atoms with Gasteiger partial charge in [-0.15, -0.1) is 0 Å². The van der Waals surface area contributed by atoms with E-state index in [1.165, 1.54) is 12.1 Å². The van der Waals surface area contributed by atoms with Crippen LogP contribution in [0.25, 0.3) is 6.08 Å². The quantitative estimate of drug-likeness (QED) is 0.778. The van der Waals surface area contributed by atoms with E-state index in [-0.39, 0.29) is 5.82 Å². The number of carboxylic acids is 1. The molecule has 1 N–H and O–H groups in total. The molecule has 0 atom stereocenters. The Kier molecular flexibility index (Phi) is 3.04. The van der Waals surface area contributed by atoms with Gasteiger partial charge in [0.05, 0.1) is 0 Å². The van der Waals surface area contributed by atoms with Gasteiger partial charge in [-0.2, -0.15) is 0 Å². The molecule has 0 radical (unpaired) electrons. The summed E-state index contributed by atoms with van der Waals surface area (Å²) in [6, 6.07) is 3.29. The van der Waals surface area contributed by atoms with Gasteiger partial charge in [0.25, 0.3) is 0 Å². The van der Waals surface area contributed by atoms with Gasteiger partial charge in [0, 0.05) is 6.08 Å². The van der Waals surface area contributed by atoms with E-state index in [4.69, 9.17) is 5.11 Å². The van der Waals surface area contributed by atoms with Gasteiger partial charge in [0.2, 0.25) is 0 Å². The molecule has 1 aliphatic rings. The molecule has 1 aliphatic carbocycles. The summed E-state index contributed by atoms with van der Waals surface area (Å²) in [4.78, 5) is 10.4. The molecule has 2 nitrogen and oxygen atoms in total. The molecule has 2 rings (SSSR count). The van der Waals surface area contributed by atoms with Crippen molar-refractivity contribution in [3.05, 3.63) is 40.7 Å². The lowest BCUT2D eigenvalue weighted by Gasteiger charge is -2.16. The second-order valence-electron chi connectivity index (χ2n) is 4.02. The van der Waals surface area contributed by atoms with Crippen LogP contribution in [0.1, 0.15) is 29.5 Å². The fraction of sp³-hybridized carbons (Fsp3) is 0.308. The predicted molar refractivity (Wildman–Crippen MR) is 59.7 cm³/mol. The van der Waals surface area contributed by atoms with E-state index in [9.17, 15) is 9.18 Å². The highest BCUT2D eigenvalue weighted by molar-refractivity contribution is 5.85. The third-order valence-electron chi connectivity index (χ3n) is 2.85. The normalized spacial score (nSPS) is 15.1. The first-order chi connectivity index (χ1) is 7.66. The number of carbonyl (C=O) groups is 1. The van der Waals surface area contributed by atoms with Crippen LogP contribution in [-0.4, -0.2) is 11.1 Å². The van der Waals surface area contributed by atoms with E-state index >= 15 is 0 Å². The van der Waals surface area contributed by atoms with E-state index < -0.39 is 5.97 Å². The van der Waals surface area contributed by atoms with Crippen LogP contribution in [0.4, 0.5) is 4.39 Å². The largest absolute Gasteiger partial charge is 0.478 e. The van der Waals surface area contributed by atoms with Gasteiger partial charge in [-0.3, -0.25) is 0 Å². The zero-order chi connectivity index (χ0) is 11.5. The number of halogens is 1. The minimum Gasteiger partial charge on any atom is -0.478 e. The van der Waals surface area contributed by atoms with Crippen LogP contribution in [0.2, 0.25) is 0 Å². The summed E-state index contributed by atoms with van der Waals surface area (Å²) >= 11 is 0. The van der Waals surface area contributed by atoms with E-state index in [1.807, 2.05) is 6.07 Å².